The third kappa shape index (κ3) is 2.33. The number of hydrogen-bond donors (Lipinski definition) is 1. The van der Waals surface area contributed by atoms with Crippen molar-refractivity contribution in [3.05, 3.63) is 34.6 Å². The molecule has 1 aromatic heterocycles. The molecule has 116 valence electrons. The molecule has 0 spiro atoms. The third-order valence-electron chi connectivity index (χ3n) is 5.45. The van der Waals surface area contributed by atoms with Crippen molar-refractivity contribution in [1.82, 2.24) is 4.98 Å². The van der Waals surface area contributed by atoms with Crippen molar-refractivity contribution >= 4 is 32.4 Å². The molecule has 0 atom stereocenters. The molecule has 0 amide bonds. The molecular formula is C18H22BrN3. The van der Waals surface area contributed by atoms with Gasteiger partial charge in [0.1, 0.15) is 0 Å². The minimum absolute atomic E-state index is 0.675. The second kappa shape index (κ2) is 5.82. The Hall–Kier alpha value is -1.13. The molecule has 4 heteroatoms. The van der Waals surface area contributed by atoms with Crippen LogP contribution in [0.25, 0.3) is 10.8 Å². The maximum atomic E-state index is 5.84. The summed E-state index contributed by atoms with van der Waals surface area (Å²) in [5, 5.41) is 2.65. The summed E-state index contributed by atoms with van der Waals surface area (Å²) in [7, 11) is 0. The summed E-state index contributed by atoms with van der Waals surface area (Å²) in [4.78, 5) is 7.06. The van der Waals surface area contributed by atoms with Gasteiger partial charge in [0, 0.05) is 45.9 Å². The summed E-state index contributed by atoms with van der Waals surface area (Å²) < 4.78 is 1.15. The summed E-state index contributed by atoms with van der Waals surface area (Å²) in [5.41, 5.74) is 8.63. The van der Waals surface area contributed by atoms with Crippen molar-refractivity contribution in [3.63, 3.8) is 0 Å². The zero-order chi connectivity index (χ0) is 15.1. The molecule has 0 bridgehead atoms. The lowest BCUT2D eigenvalue weighted by Gasteiger charge is -2.41. The molecule has 2 N–H and O–H groups in total. The van der Waals surface area contributed by atoms with Crippen molar-refractivity contribution in [1.29, 1.82) is 0 Å². The molecule has 22 heavy (non-hydrogen) atoms. The number of rotatable bonds is 2. The average Bonchev–Trinajstić information content (AvgIpc) is 2.58. The molecule has 2 heterocycles. The number of benzene rings is 1. The molecule has 1 saturated carbocycles. The fourth-order valence-corrected chi connectivity index (χ4v) is 4.61. The first-order chi connectivity index (χ1) is 10.8. The highest BCUT2D eigenvalue weighted by Gasteiger charge is 2.29. The van der Waals surface area contributed by atoms with Gasteiger partial charge in [-0.05, 0) is 62.3 Å². The van der Waals surface area contributed by atoms with Crippen molar-refractivity contribution in [3.8, 4) is 0 Å². The Morgan fingerprint density at radius 1 is 1.18 bits per heavy atom. The molecule has 3 nitrogen and oxygen atoms in total. The fraction of sp³-hybridized carbons (Fsp3) is 0.500. The van der Waals surface area contributed by atoms with Crippen LogP contribution < -0.4 is 10.6 Å². The van der Waals surface area contributed by atoms with Crippen molar-refractivity contribution in [2.24, 2.45) is 11.7 Å². The van der Waals surface area contributed by atoms with Crippen LogP contribution in [-0.2, 0) is 6.42 Å². The minimum Gasteiger partial charge on any atom is -0.368 e. The molecule has 0 unspecified atom stereocenters. The Balaban J connectivity index is 1.72. The topological polar surface area (TPSA) is 42.1 Å². The normalized spacial score (nSPS) is 24.7. The van der Waals surface area contributed by atoms with Crippen LogP contribution in [0.1, 0.15) is 31.2 Å². The van der Waals surface area contributed by atoms with Gasteiger partial charge in [-0.25, -0.2) is 0 Å². The summed E-state index contributed by atoms with van der Waals surface area (Å²) in [5.74, 6) is 0.738. The molecule has 0 saturated heterocycles. The lowest BCUT2D eigenvalue weighted by molar-refractivity contribution is 0.320. The quantitative estimate of drug-likeness (QED) is 0.884. The highest BCUT2D eigenvalue weighted by molar-refractivity contribution is 9.10. The predicted molar refractivity (Wildman–Crippen MR) is 95.3 cm³/mol. The van der Waals surface area contributed by atoms with Gasteiger partial charge in [-0.2, -0.15) is 0 Å². The molecule has 0 radical (unpaired) electrons. The van der Waals surface area contributed by atoms with Gasteiger partial charge in [0.15, 0.2) is 0 Å². The predicted octanol–water partition coefficient (Wildman–Crippen LogP) is 3.88. The minimum atomic E-state index is 0.675. The fourth-order valence-electron chi connectivity index (χ4n) is 4.17. The van der Waals surface area contributed by atoms with Crippen LogP contribution in [-0.4, -0.2) is 24.1 Å². The van der Waals surface area contributed by atoms with Gasteiger partial charge in [0.05, 0.1) is 0 Å². The van der Waals surface area contributed by atoms with E-state index in [4.69, 9.17) is 5.73 Å². The van der Waals surface area contributed by atoms with E-state index in [1.807, 2.05) is 12.4 Å². The lowest BCUT2D eigenvalue weighted by atomic mass is 9.84. The van der Waals surface area contributed by atoms with Gasteiger partial charge in [-0.15, -0.1) is 0 Å². The van der Waals surface area contributed by atoms with Crippen molar-refractivity contribution in [2.45, 2.75) is 38.1 Å². The van der Waals surface area contributed by atoms with Crippen LogP contribution in [0.5, 0.6) is 0 Å². The molecule has 1 aliphatic heterocycles. The molecule has 4 rings (SSSR count). The van der Waals surface area contributed by atoms with E-state index < -0.39 is 0 Å². The highest BCUT2D eigenvalue weighted by Crippen LogP contribution is 2.40. The molecule has 2 aromatic rings. The van der Waals surface area contributed by atoms with Crippen molar-refractivity contribution in [2.75, 3.05) is 18.0 Å². The van der Waals surface area contributed by atoms with Gasteiger partial charge in [0.25, 0.3) is 0 Å². The van der Waals surface area contributed by atoms with Gasteiger partial charge in [-0.1, -0.05) is 15.9 Å². The van der Waals surface area contributed by atoms with Crippen LogP contribution in [0.3, 0.4) is 0 Å². The third-order valence-corrected chi connectivity index (χ3v) is 6.14. The van der Waals surface area contributed by atoms with E-state index in [9.17, 15) is 0 Å². The van der Waals surface area contributed by atoms with Crippen LogP contribution in [0.15, 0.2) is 29.0 Å². The van der Waals surface area contributed by atoms with Crippen molar-refractivity contribution < 1.29 is 0 Å². The molecule has 2 aliphatic rings. The Labute approximate surface area is 140 Å². The molecule has 1 aromatic carbocycles. The molecular weight excluding hydrogens is 338 g/mol. The highest BCUT2D eigenvalue weighted by atomic mass is 79.9. The second-order valence-corrected chi connectivity index (χ2v) is 7.50. The maximum absolute atomic E-state index is 5.84. The van der Waals surface area contributed by atoms with Gasteiger partial charge in [0.2, 0.25) is 0 Å². The average molecular weight is 360 g/mol. The first-order valence-electron chi connectivity index (χ1n) is 8.29. The Morgan fingerprint density at radius 2 is 2.00 bits per heavy atom. The summed E-state index contributed by atoms with van der Waals surface area (Å²) in [6, 6.07) is 5.13. The largest absolute Gasteiger partial charge is 0.368 e. The number of hydrogen-bond acceptors (Lipinski definition) is 3. The molecule has 1 aliphatic carbocycles. The smallest absolute Gasteiger partial charge is 0.0453 e. The van der Waals surface area contributed by atoms with Gasteiger partial charge >= 0.3 is 0 Å². The SMILES string of the molecule is NCC1CCC(N2CCc3cncc4c(Br)ccc2c34)CC1. The maximum Gasteiger partial charge on any atom is 0.0453 e. The summed E-state index contributed by atoms with van der Waals surface area (Å²) >= 11 is 3.68. The monoisotopic (exact) mass is 359 g/mol. The number of pyridine rings is 1. The van der Waals surface area contributed by atoms with E-state index in [0.717, 1.165) is 29.9 Å². The standard InChI is InChI=1S/C18H22BrN3/c19-16-5-6-17-18-13(10-21-11-15(16)18)7-8-22(17)14-3-1-12(9-20)2-4-14/h5-6,10-12,14H,1-4,7-9,20H2. The van der Waals surface area contributed by atoms with E-state index in [1.165, 1.54) is 47.7 Å². The summed E-state index contributed by atoms with van der Waals surface area (Å²) in [6.07, 6.45) is 10.2. The number of nitrogens with two attached hydrogens (primary N) is 1. The van der Waals surface area contributed by atoms with E-state index in [-0.39, 0.29) is 0 Å². The summed E-state index contributed by atoms with van der Waals surface area (Å²) in [6.45, 7) is 1.97. The van der Waals surface area contributed by atoms with Gasteiger partial charge in [-0.3, -0.25) is 4.98 Å². The Morgan fingerprint density at radius 3 is 2.77 bits per heavy atom. The van der Waals surface area contributed by atoms with Crippen LogP contribution in [0.2, 0.25) is 0 Å². The van der Waals surface area contributed by atoms with E-state index >= 15 is 0 Å². The van der Waals surface area contributed by atoms with Crippen LogP contribution in [0.4, 0.5) is 5.69 Å². The first-order valence-corrected chi connectivity index (χ1v) is 9.09. The van der Waals surface area contributed by atoms with E-state index in [0.29, 0.717) is 6.04 Å². The number of anilines is 1. The number of aromatic nitrogens is 1. The number of nitrogens with zero attached hydrogens (tertiary/aromatic N) is 2. The van der Waals surface area contributed by atoms with E-state index in [2.05, 4.69) is 37.9 Å². The lowest BCUT2D eigenvalue weighted by Crippen LogP contribution is -2.42. The Bertz CT molecular complexity index is 692. The van der Waals surface area contributed by atoms with E-state index in [1.54, 1.807) is 0 Å². The van der Waals surface area contributed by atoms with Crippen LogP contribution >= 0.6 is 15.9 Å². The Kier molecular flexibility index (Phi) is 3.82. The van der Waals surface area contributed by atoms with Crippen LogP contribution in [0, 0.1) is 5.92 Å². The first kappa shape index (κ1) is 14.5. The number of halogens is 1. The van der Waals surface area contributed by atoms with Gasteiger partial charge < -0.3 is 10.6 Å². The zero-order valence-electron chi connectivity index (χ0n) is 12.8. The molecule has 1 fully saturated rings. The zero-order valence-corrected chi connectivity index (χ0v) is 14.3. The second-order valence-electron chi connectivity index (χ2n) is 6.64.